The standard InChI is InChI=1S/C17H14N2O2S3/c1-11-5-2-3-7-13(11)18-15(20)10-19-16(21)14(24-17(19)22)9-12-6-4-8-23-12/h2-9H,10H2,1H3,(H,18,20)/b14-9+. The predicted molar refractivity (Wildman–Crippen MR) is 104 cm³/mol. The second-order valence-electron chi connectivity index (χ2n) is 5.15. The number of amides is 2. The summed E-state index contributed by atoms with van der Waals surface area (Å²) in [6.07, 6.45) is 1.81. The molecule has 0 aliphatic carbocycles. The first-order valence-electron chi connectivity index (χ1n) is 7.19. The van der Waals surface area contributed by atoms with Crippen LogP contribution in [-0.4, -0.2) is 27.6 Å². The smallest absolute Gasteiger partial charge is 0.266 e. The molecule has 1 aromatic heterocycles. The first kappa shape index (κ1) is 16.9. The summed E-state index contributed by atoms with van der Waals surface area (Å²) in [5.41, 5.74) is 1.70. The second kappa shape index (κ2) is 7.29. The van der Waals surface area contributed by atoms with Crippen LogP contribution in [0.1, 0.15) is 10.4 Å². The Morgan fingerprint density at radius 2 is 2.08 bits per heavy atom. The summed E-state index contributed by atoms with van der Waals surface area (Å²) < 4.78 is 0.405. The fourth-order valence-corrected chi connectivity index (χ4v) is 4.16. The first-order valence-corrected chi connectivity index (χ1v) is 9.29. The Labute approximate surface area is 153 Å². The average Bonchev–Trinajstić information content (AvgIpc) is 3.14. The van der Waals surface area contributed by atoms with Crippen LogP contribution >= 0.6 is 35.3 Å². The number of hydrogen-bond donors (Lipinski definition) is 1. The molecule has 2 aromatic rings. The molecule has 4 nitrogen and oxygen atoms in total. The zero-order valence-electron chi connectivity index (χ0n) is 12.8. The van der Waals surface area contributed by atoms with Gasteiger partial charge in [0.2, 0.25) is 5.91 Å². The fourth-order valence-electron chi connectivity index (χ4n) is 2.19. The van der Waals surface area contributed by atoms with Gasteiger partial charge in [0, 0.05) is 10.6 Å². The molecule has 24 heavy (non-hydrogen) atoms. The van der Waals surface area contributed by atoms with Crippen molar-refractivity contribution in [1.29, 1.82) is 0 Å². The van der Waals surface area contributed by atoms with Crippen molar-refractivity contribution in [3.63, 3.8) is 0 Å². The van der Waals surface area contributed by atoms with Crippen molar-refractivity contribution in [2.45, 2.75) is 6.92 Å². The SMILES string of the molecule is Cc1ccccc1NC(=O)CN1C(=O)/C(=C\c2cccs2)SC1=S. The number of aryl methyl sites for hydroxylation is 1. The molecule has 122 valence electrons. The van der Waals surface area contributed by atoms with Crippen molar-refractivity contribution in [2.75, 3.05) is 11.9 Å². The Kier molecular flexibility index (Phi) is 5.13. The zero-order valence-corrected chi connectivity index (χ0v) is 15.3. The Bertz CT molecular complexity index is 828. The van der Waals surface area contributed by atoms with Gasteiger partial charge in [-0.25, -0.2) is 0 Å². The van der Waals surface area contributed by atoms with Crippen LogP contribution in [0.25, 0.3) is 6.08 Å². The van der Waals surface area contributed by atoms with Gasteiger partial charge in [-0.15, -0.1) is 11.3 Å². The summed E-state index contributed by atoms with van der Waals surface area (Å²) in [4.78, 5) is 27.6. The van der Waals surface area contributed by atoms with Crippen LogP contribution in [0.15, 0.2) is 46.7 Å². The van der Waals surface area contributed by atoms with Gasteiger partial charge in [-0.05, 0) is 36.1 Å². The molecular formula is C17H14N2O2S3. The monoisotopic (exact) mass is 374 g/mol. The van der Waals surface area contributed by atoms with Gasteiger partial charge < -0.3 is 5.32 Å². The van der Waals surface area contributed by atoms with Crippen LogP contribution in [0.3, 0.4) is 0 Å². The van der Waals surface area contributed by atoms with Gasteiger partial charge in [0.25, 0.3) is 5.91 Å². The van der Waals surface area contributed by atoms with Crippen LogP contribution < -0.4 is 5.32 Å². The summed E-state index contributed by atoms with van der Waals surface area (Å²) in [5.74, 6) is -0.490. The minimum atomic E-state index is -0.266. The zero-order chi connectivity index (χ0) is 17.1. The largest absolute Gasteiger partial charge is 0.324 e. The summed E-state index contributed by atoms with van der Waals surface area (Å²) >= 11 is 8.03. The van der Waals surface area contributed by atoms with E-state index in [9.17, 15) is 9.59 Å². The maximum absolute atomic E-state index is 12.5. The van der Waals surface area contributed by atoms with E-state index in [0.29, 0.717) is 9.23 Å². The van der Waals surface area contributed by atoms with Gasteiger partial charge in [0.15, 0.2) is 0 Å². The molecule has 0 unspecified atom stereocenters. The Morgan fingerprint density at radius 3 is 2.79 bits per heavy atom. The van der Waals surface area contributed by atoms with E-state index in [-0.39, 0.29) is 18.4 Å². The summed E-state index contributed by atoms with van der Waals surface area (Å²) in [7, 11) is 0. The quantitative estimate of drug-likeness (QED) is 0.651. The summed E-state index contributed by atoms with van der Waals surface area (Å²) in [6, 6.07) is 11.4. The van der Waals surface area contributed by atoms with Gasteiger partial charge >= 0.3 is 0 Å². The average molecular weight is 375 g/mol. The number of hydrogen-bond acceptors (Lipinski definition) is 5. The number of carbonyl (C=O) groups is 2. The topological polar surface area (TPSA) is 49.4 Å². The maximum Gasteiger partial charge on any atom is 0.266 e. The fraction of sp³-hybridized carbons (Fsp3) is 0.118. The number of carbonyl (C=O) groups excluding carboxylic acids is 2. The third-order valence-corrected chi connectivity index (χ3v) is 5.61. The van der Waals surface area contributed by atoms with Crippen LogP contribution in [0.5, 0.6) is 0 Å². The number of rotatable bonds is 4. The van der Waals surface area contributed by atoms with Crippen LogP contribution in [-0.2, 0) is 9.59 Å². The number of nitrogens with one attached hydrogen (secondary N) is 1. The van der Waals surface area contributed by atoms with Crippen molar-refractivity contribution in [3.05, 3.63) is 57.1 Å². The molecule has 1 aromatic carbocycles. The molecule has 2 amide bonds. The molecule has 2 heterocycles. The predicted octanol–water partition coefficient (Wildman–Crippen LogP) is 3.90. The van der Waals surface area contributed by atoms with Crippen molar-refractivity contribution in [2.24, 2.45) is 0 Å². The van der Waals surface area contributed by atoms with Crippen LogP contribution in [0.2, 0.25) is 0 Å². The van der Waals surface area contributed by atoms with Gasteiger partial charge in [0.05, 0.1) is 4.91 Å². The highest BCUT2D eigenvalue weighted by molar-refractivity contribution is 8.26. The Hall–Kier alpha value is -1.96. The summed E-state index contributed by atoms with van der Waals surface area (Å²) in [5, 5.41) is 4.77. The lowest BCUT2D eigenvalue weighted by Crippen LogP contribution is -2.36. The number of thioether (sulfide) groups is 1. The number of para-hydroxylation sites is 1. The number of nitrogens with zero attached hydrogens (tertiary/aromatic N) is 1. The van der Waals surface area contributed by atoms with Crippen molar-refractivity contribution in [3.8, 4) is 0 Å². The molecule has 0 radical (unpaired) electrons. The van der Waals surface area contributed by atoms with Gasteiger partial charge in [0.1, 0.15) is 10.9 Å². The van der Waals surface area contributed by atoms with Crippen molar-refractivity contribution in [1.82, 2.24) is 4.90 Å². The van der Waals surface area contributed by atoms with Crippen LogP contribution in [0.4, 0.5) is 5.69 Å². The minimum Gasteiger partial charge on any atom is -0.324 e. The molecule has 1 N–H and O–H groups in total. The van der Waals surface area contributed by atoms with E-state index >= 15 is 0 Å². The van der Waals surface area contributed by atoms with Gasteiger partial charge in [-0.1, -0.05) is 48.2 Å². The number of anilines is 1. The molecule has 1 saturated heterocycles. The van der Waals surface area contributed by atoms with Gasteiger partial charge in [-0.2, -0.15) is 0 Å². The highest BCUT2D eigenvalue weighted by atomic mass is 32.2. The molecule has 3 rings (SSSR count). The maximum atomic E-state index is 12.5. The molecule has 1 aliphatic heterocycles. The Balaban J connectivity index is 1.69. The molecule has 0 spiro atoms. The minimum absolute atomic E-state index is 0.0826. The molecule has 0 bridgehead atoms. The lowest BCUT2D eigenvalue weighted by molar-refractivity contribution is -0.126. The molecule has 0 saturated carbocycles. The van der Waals surface area contributed by atoms with E-state index in [2.05, 4.69) is 5.32 Å². The number of thiophene rings is 1. The van der Waals surface area contributed by atoms with E-state index in [4.69, 9.17) is 12.2 Å². The van der Waals surface area contributed by atoms with E-state index in [0.717, 1.165) is 16.1 Å². The third-order valence-electron chi connectivity index (χ3n) is 3.41. The molecule has 7 heteroatoms. The lowest BCUT2D eigenvalue weighted by Gasteiger charge is -2.15. The van der Waals surface area contributed by atoms with E-state index in [1.165, 1.54) is 16.7 Å². The lowest BCUT2D eigenvalue weighted by atomic mass is 10.2. The third kappa shape index (κ3) is 3.75. The second-order valence-corrected chi connectivity index (χ2v) is 7.80. The molecule has 0 atom stereocenters. The normalized spacial score (nSPS) is 16.0. The summed E-state index contributed by atoms with van der Waals surface area (Å²) in [6.45, 7) is 1.83. The van der Waals surface area contributed by atoms with Gasteiger partial charge in [-0.3, -0.25) is 14.5 Å². The number of thiocarbonyl (C=S) groups is 1. The van der Waals surface area contributed by atoms with E-state index in [1.807, 2.05) is 54.8 Å². The van der Waals surface area contributed by atoms with E-state index < -0.39 is 0 Å². The number of benzene rings is 1. The van der Waals surface area contributed by atoms with Crippen LogP contribution in [0, 0.1) is 6.92 Å². The van der Waals surface area contributed by atoms with Crippen molar-refractivity contribution >= 4 is 63.2 Å². The Morgan fingerprint density at radius 1 is 1.29 bits per heavy atom. The highest BCUT2D eigenvalue weighted by Crippen LogP contribution is 2.33. The highest BCUT2D eigenvalue weighted by Gasteiger charge is 2.33. The molecular weight excluding hydrogens is 360 g/mol. The van der Waals surface area contributed by atoms with Crippen molar-refractivity contribution < 1.29 is 9.59 Å². The molecule has 1 fully saturated rings. The van der Waals surface area contributed by atoms with E-state index in [1.54, 1.807) is 11.3 Å². The molecule has 1 aliphatic rings. The first-order chi connectivity index (χ1) is 11.5.